The maximum atomic E-state index is 8.67. The van der Waals surface area contributed by atoms with E-state index in [1.807, 2.05) is 0 Å². The van der Waals surface area contributed by atoms with Crippen molar-refractivity contribution in [3.05, 3.63) is 0 Å². The first-order valence-corrected chi connectivity index (χ1v) is 1.60. The van der Waals surface area contributed by atoms with Gasteiger partial charge in [-0.3, -0.25) is 9.11 Å². The van der Waals surface area contributed by atoms with Gasteiger partial charge in [-0.25, -0.2) is 0 Å². The molecule has 0 spiro atoms. The largest absolute Gasteiger partial charge is 0.299 e. The van der Waals surface area contributed by atoms with Crippen LogP contribution in [-0.2, 0) is 28.4 Å². The summed E-state index contributed by atoms with van der Waals surface area (Å²) in [7, 11) is 0. The Labute approximate surface area is 54.5 Å². The average Bonchev–Trinajstić information content (AvgIpc) is 0.811. The summed E-state index contributed by atoms with van der Waals surface area (Å²) in [5.74, 6) is 0. The van der Waals surface area contributed by atoms with Gasteiger partial charge in [0, 0.05) is 17.1 Å². The van der Waals surface area contributed by atoms with Crippen molar-refractivity contribution in [2.75, 3.05) is 0 Å². The summed E-state index contributed by atoms with van der Waals surface area (Å²) >= 11 is -2.61. The molecule has 0 rings (SSSR count). The summed E-state index contributed by atoms with van der Waals surface area (Å²) in [6, 6.07) is 0. The van der Waals surface area contributed by atoms with Crippen LogP contribution in [0.15, 0.2) is 0 Å². The summed E-state index contributed by atoms with van der Waals surface area (Å²) in [5.41, 5.74) is 0. The van der Waals surface area contributed by atoms with Crippen LogP contribution >= 0.6 is 12.4 Å². The summed E-state index contributed by atoms with van der Waals surface area (Å²) in [5, 5.41) is 0. The molecule has 0 fully saturated rings. The molecule has 6 heteroatoms. The molecule has 0 unspecified atom stereocenters. The van der Waals surface area contributed by atoms with Crippen LogP contribution in [0.25, 0.3) is 0 Å². The maximum absolute atomic E-state index is 8.67. The Morgan fingerprint density at radius 3 is 1.33 bits per heavy atom. The van der Waals surface area contributed by atoms with E-state index in [2.05, 4.69) is 0 Å². The normalized spacial score (nSPS) is 5.83. The summed E-state index contributed by atoms with van der Waals surface area (Å²) < 4.78 is 22.8. The first-order valence-electron chi connectivity index (χ1n) is 0.532. The zero-order chi connectivity index (χ0) is 3.58. The molecule has 0 aliphatic carbocycles. The Morgan fingerprint density at radius 1 is 1.33 bits per heavy atom. The fourth-order valence-electron chi connectivity index (χ4n) is 0. The molecule has 0 atom stereocenters. The molecule has 0 saturated heterocycles. The van der Waals surface area contributed by atoms with Gasteiger partial charge in [0.2, 0.25) is 0 Å². The van der Waals surface area contributed by atoms with Gasteiger partial charge in [-0.2, -0.15) is 4.21 Å². The zero-order valence-corrected chi connectivity index (χ0v) is 5.00. The van der Waals surface area contributed by atoms with Crippen molar-refractivity contribution >= 4 is 23.8 Å². The Kier molecular flexibility index (Phi) is 24.5. The van der Waals surface area contributed by atoms with Crippen molar-refractivity contribution in [1.29, 1.82) is 0 Å². The van der Waals surface area contributed by atoms with E-state index in [0.29, 0.717) is 0 Å². The minimum Gasteiger partial charge on any atom is -0.284 e. The fourth-order valence-corrected chi connectivity index (χ4v) is 0. The van der Waals surface area contributed by atoms with Gasteiger partial charge >= 0.3 is 0 Å². The van der Waals surface area contributed by atoms with E-state index < -0.39 is 11.4 Å². The third kappa shape index (κ3) is 94.9. The van der Waals surface area contributed by atoms with Crippen LogP contribution in [0.5, 0.6) is 0 Å². The number of hydrogen-bond donors (Lipinski definition) is 2. The Balaban J connectivity index is -0.0000000450. The smallest absolute Gasteiger partial charge is 0.284 e. The van der Waals surface area contributed by atoms with Crippen LogP contribution < -0.4 is 0 Å². The number of rotatable bonds is 0. The molecular formula is H3ClCuO3S. The molecule has 0 aliphatic heterocycles. The van der Waals surface area contributed by atoms with Gasteiger partial charge in [0.15, 0.2) is 0 Å². The molecule has 0 heterocycles. The summed E-state index contributed by atoms with van der Waals surface area (Å²) in [4.78, 5) is 0. The molecule has 0 aliphatic rings. The summed E-state index contributed by atoms with van der Waals surface area (Å²) in [6.07, 6.45) is 0. The maximum Gasteiger partial charge on any atom is 0.299 e. The first kappa shape index (κ1) is 15.8. The van der Waals surface area contributed by atoms with Crippen LogP contribution in [0.2, 0.25) is 0 Å². The van der Waals surface area contributed by atoms with Gasteiger partial charge in [0.25, 0.3) is 11.4 Å². The number of halogens is 1. The van der Waals surface area contributed by atoms with Crippen LogP contribution in [0.4, 0.5) is 0 Å². The third-order valence-electron chi connectivity index (χ3n) is 0. The SMILES string of the molecule is Cl.O=S(O)O.[Cu]. The standard InChI is InChI=1S/ClH.Cu.H2O3S/c;;1-4(2)3/h1H;;(H2,1,2,3). The van der Waals surface area contributed by atoms with Crippen LogP contribution in [0.1, 0.15) is 0 Å². The van der Waals surface area contributed by atoms with Crippen LogP contribution in [-0.4, -0.2) is 13.3 Å². The quantitative estimate of drug-likeness (QED) is 0.412. The van der Waals surface area contributed by atoms with Gasteiger partial charge in [0.1, 0.15) is 0 Å². The minimum atomic E-state index is -2.61. The molecule has 6 heavy (non-hydrogen) atoms. The molecule has 0 aromatic heterocycles. The fraction of sp³-hybridized carbons (Fsp3) is 0. The van der Waals surface area contributed by atoms with E-state index in [4.69, 9.17) is 13.3 Å². The van der Waals surface area contributed by atoms with E-state index in [1.165, 1.54) is 0 Å². The molecular weight excluding hydrogens is 179 g/mol. The van der Waals surface area contributed by atoms with E-state index in [0.717, 1.165) is 0 Å². The van der Waals surface area contributed by atoms with Gasteiger partial charge in [0.05, 0.1) is 0 Å². The van der Waals surface area contributed by atoms with Crippen molar-refractivity contribution in [3.63, 3.8) is 0 Å². The van der Waals surface area contributed by atoms with Gasteiger partial charge < -0.3 is 0 Å². The van der Waals surface area contributed by atoms with Crippen LogP contribution in [0, 0.1) is 0 Å². The van der Waals surface area contributed by atoms with Gasteiger partial charge in [-0.05, 0) is 0 Å². The molecule has 0 amide bonds. The van der Waals surface area contributed by atoms with E-state index in [9.17, 15) is 0 Å². The predicted molar refractivity (Wildman–Crippen MR) is 20.6 cm³/mol. The molecule has 45 valence electrons. The molecule has 3 nitrogen and oxygen atoms in total. The second-order valence-corrected chi connectivity index (χ2v) is 0.692. The van der Waals surface area contributed by atoms with Crippen molar-refractivity contribution < 1.29 is 30.4 Å². The average molecular weight is 182 g/mol. The Hall–Kier alpha value is 0.879. The molecule has 0 aromatic rings. The van der Waals surface area contributed by atoms with E-state index in [1.54, 1.807) is 0 Å². The van der Waals surface area contributed by atoms with Crippen LogP contribution in [0.3, 0.4) is 0 Å². The Morgan fingerprint density at radius 2 is 1.33 bits per heavy atom. The molecule has 0 bridgehead atoms. The predicted octanol–water partition coefficient (Wildman–Crippen LogP) is 0.100. The van der Waals surface area contributed by atoms with E-state index in [-0.39, 0.29) is 29.5 Å². The number of hydrogen-bond acceptors (Lipinski definition) is 1. The molecule has 1 radical (unpaired) electrons. The second-order valence-electron chi connectivity index (χ2n) is 0.231. The van der Waals surface area contributed by atoms with E-state index >= 15 is 0 Å². The van der Waals surface area contributed by atoms with Crippen molar-refractivity contribution in [2.45, 2.75) is 0 Å². The minimum absolute atomic E-state index is 0. The second kappa shape index (κ2) is 9.30. The summed E-state index contributed by atoms with van der Waals surface area (Å²) in [6.45, 7) is 0. The Bertz CT molecular complexity index is 33.8. The molecule has 0 aromatic carbocycles. The topological polar surface area (TPSA) is 57.5 Å². The monoisotopic (exact) mass is 181 g/mol. The van der Waals surface area contributed by atoms with Crippen molar-refractivity contribution in [1.82, 2.24) is 0 Å². The van der Waals surface area contributed by atoms with Gasteiger partial charge in [-0.15, -0.1) is 12.4 Å². The van der Waals surface area contributed by atoms with Crippen molar-refractivity contribution in [3.8, 4) is 0 Å². The molecule has 2 N–H and O–H groups in total. The van der Waals surface area contributed by atoms with Gasteiger partial charge in [-0.1, -0.05) is 0 Å². The zero-order valence-electron chi connectivity index (χ0n) is 2.42. The van der Waals surface area contributed by atoms with Crippen molar-refractivity contribution in [2.24, 2.45) is 0 Å². The first-order chi connectivity index (χ1) is 1.73. The third-order valence-corrected chi connectivity index (χ3v) is 0. The molecule has 0 saturated carbocycles.